The molecule has 0 aliphatic rings. The highest BCUT2D eigenvalue weighted by Crippen LogP contribution is 2.26. The second-order valence-corrected chi connectivity index (χ2v) is 5.42. The maximum absolute atomic E-state index is 9.97. The Labute approximate surface area is 107 Å². The van der Waals surface area contributed by atoms with Gasteiger partial charge in [-0.15, -0.1) is 0 Å². The normalized spacial score (nSPS) is 13.1. The molecule has 1 nitrogen and oxygen atoms in total. The first-order chi connectivity index (χ1) is 7.49. The Morgan fingerprint density at radius 1 is 1.06 bits per heavy atom. The Bertz CT molecular complexity index is 316. The van der Waals surface area contributed by atoms with Gasteiger partial charge in [-0.25, -0.2) is 0 Å². The average molecular weight is 261 g/mol. The molecule has 0 bridgehead atoms. The van der Waals surface area contributed by atoms with E-state index in [9.17, 15) is 5.11 Å². The van der Waals surface area contributed by atoms with Gasteiger partial charge in [-0.05, 0) is 36.1 Å². The second kappa shape index (κ2) is 6.48. The van der Waals surface area contributed by atoms with Gasteiger partial charge in [0.2, 0.25) is 0 Å². The van der Waals surface area contributed by atoms with Gasteiger partial charge < -0.3 is 5.11 Å². The molecule has 0 radical (unpaired) electrons. The van der Waals surface area contributed by atoms with E-state index in [0.717, 1.165) is 24.8 Å². The Hall–Kier alpha value is -0.240. The molecule has 0 aliphatic heterocycles. The summed E-state index contributed by atoms with van der Waals surface area (Å²) in [4.78, 5) is 0. The van der Waals surface area contributed by atoms with Crippen molar-refractivity contribution >= 4 is 23.2 Å². The number of aliphatic hydroxyl groups is 1. The molecule has 0 heterocycles. The van der Waals surface area contributed by atoms with Crippen molar-refractivity contribution in [3.8, 4) is 0 Å². The van der Waals surface area contributed by atoms with E-state index in [0.29, 0.717) is 16.0 Å². The Kier molecular flexibility index (Phi) is 5.60. The SMILES string of the molecule is CC(C)CCCC(O)c1cc(Cl)cc(Cl)c1. The van der Waals surface area contributed by atoms with E-state index in [1.54, 1.807) is 18.2 Å². The van der Waals surface area contributed by atoms with Crippen LogP contribution in [0.2, 0.25) is 10.0 Å². The zero-order valence-electron chi connectivity index (χ0n) is 9.71. The molecule has 90 valence electrons. The first kappa shape index (κ1) is 13.8. The largest absolute Gasteiger partial charge is 0.388 e. The predicted molar refractivity (Wildman–Crippen MR) is 70.1 cm³/mol. The summed E-state index contributed by atoms with van der Waals surface area (Å²) in [5, 5.41) is 11.1. The molecule has 0 amide bonds. The molecule has 1 aromatic carbocycles. The molecule has 0 fully saturated rings. The molecule has 1 rings (SSSR count). The van der Waals surface area contributed by atoms with E-state index < -0.39 is 6.10 Å². The van der Waals surface area contributed by atoms with E-state index >= 15 is 0 Å². The van der Waals surface area contributed by atoms with Gasteiger partial charge in [0, 0.05) is 10.0 Å². The predicted octanol–water partition coefficient (Wildman–Crippen LogP) is 4.85. The molecular formula is C13H18Cl2O. The minimum atomic E-state index is -0.463. The van der Waals surface area contributed by atoms with Gasteiger partial charge in [-0.3, -0.25) is 0 Å². The first-order valence-electron chi connectivity index (χ1n) is 5.63. The van der Waals surface area contributed by atoms with Crippen LogP contribution in [0, 0.1) is 5.92 Å². The van der Waals surface area contributed by atoms with Crippen molar-refractivity contribution in [1.29, 1.82) is 0 Å². The highest BCUT2D eigenvalue weighted by atomic mass is 35.5. The van der Waals surface area contributed by atoms with E-state index in [1.165, 1.54) is 0 Å². The molecular weight excluding hydrogens is 243 g/mol. The molecule has 1 N–H and O–H groups in total. The fourth-order valence-electron chi connectivity index (χ4n) is 1.65. The lowest BCUT2D eigenvalue weighted by Crippen LogP contribution is -1.98. The van der Waals surface area contributed by atoms with E-state index in [4.69, 9.17) is 23.2 Å². The summed E-state index contributed by atoms with van der Waals surface area (Å²) in [6, 6.07) is 5.22. The summed E-state index contributed by atoms with van der Waals surface area (Å²) >= 11 is 11.8. The van der Waals surface area contributed by atoms with Crippen molar-refractivity contribution in [2.24, 2.45) is 5.92 Å². The zero-order chi connectivity index (χ0) is 12.1. The standard InChI is InChI=1S/C13H18Cl2O/c1-9(2)4-3-5-13(16)10-6-11(14)8-12(15)7-10/h6-9,13,16H,3-5H2,1-2H3. The van der Waals surface area contributed by atoms with Gasteiger partial charge in [0.1, 0.15) is 0 Å². The summed E-state index contributed by atoms with van der Waals surface area (Å²) in [7, 11) is 0. The van der Waals surface area contributed by atoms with Crippen LogP contribution in [0.25, 0.3) is 0 Å². The highest BCUT2D eigenvalue weighted by Gasteiger charge is 2.09. The number of rotatable bonds is 5. The van der Waals surface area contributed by atoms with Crippen LogP contribution < -0.4 is 0 Å². The lowest BCUT2D eigenvalue weighted by Gasteiger charge is -2.12. The maximum atomic E-state index is 9.97. The van der Waals surface area contributed by atoms with Crippen LogP contribution >= 0.6 is 23.2 Å². The lowest BCUT2D eigenvalue weighted by atomic mass is 10.0. The second-order valence-electron chi connectivity index (χ2n) is 4.54. The Morgan fingerprint density at radius 2 is 1.62 bits per heavy atom. The van der Waals surface area contributed by atoms with Crippen molar-refractivity contribution in [2.45, 2.75) is 39.2 Å². The third-order valence-electron chi connectivity index (χ3n) is 2.53. The van der Waals surface area contributed by atoms with Crippen molar-refractivity contribution in [2.75, 3.05) is 0 Å². The molecule has 0 saturated carbocycles. The molecule has 0 saturated heterocycles. The topological polar surface area (TPSA) is 20.2 Å². The van der Waals surface area contributed by atoms with Crippen LogP contribution in [0.1, 0.15) is 44.8 Å². The number of halogens is 2. The smallest absolute Gasteiger partial charge is 0.0791 e. The van der Waals surface area contributed by atoms with Crippen molar-refractivity contribution in [1.82, 2.24) is 0 Å². The third-order valence-corrected chi connectivity index (χ3v) is 2.97. The highest BCUT2D eigenvalue weighted by molar-refractivity contribution is 6.34. The fourth-order valence-corrected chi connectivity index (χ4v) is 2.20. The lowest BCUT2D eigenvalue weighted by molar-refractivity contribution is 0.162. The number of aliphatic hydroxyl groups excluding tert-OH is 1. The number of hydrogen-bond donors (Lipinski definition) is 1. The number of hydrogen-bond acceptors (Lipinski definition) is 1. The molecule has 16 heavy (non-hydrogen) atoms. The Balaban J connectivity index is 2.55. The van der Waals surface area contributed by atoms with Gasteiger partial charge in [0.15, 0.2) is 0 Å². The minimum absolute atomic E-state index is 0.463. The summed E-state index contributed by atoms with van der Waals surface area (Å²) in [6.07, 6.45) is 2.44. The monoisotopic (exact) mass is 260 g/mol. The van der Waals surface area contributed by atoms with Gasteiger partial charge in [0.05, 0.1) is 6.10 Å². The van der Waals surface area contributed by atoms with Gasteiger partial charge in [-0.1, -0.05) is 49.9 Å². The molecule has 1 unspecified atom stereocenters. The summed E-state index contributed by atoms with van der Waals surface area (Å²) in [5.41, 5.74) is 0.807. The van der Waals surface area contributed by atoms with Crippen LogP contribution in [-0.2, 0) is 0 Å². The van der Waals surface area contributed by atoms with Crippen molar-refractivity contribution in [3.05, 3.63) is 33.8 Å². The zero-order valence-corrected chi connectivity index (χ0v) is 11.2. The van der Waals surface area contributed by atoms with E-state index in [-0.39, 0.29) is 0 Å². The molecule has 3 heteroatoms. The van der Waals surface area contributed by atoms with Crippen molar-refractivity contribution < 1.29 is 5.11 Å². The third kappa shape index (κ3) is 4.73. The first-order valence-corrected chi connectivity index (χ1v) is 6.38. The average Bonchev–Trinajstić information content (AvgIpc) is 2.15. The van der Waals surface area contributed by atoms with Crippen LogP contribution in [0.3, 0.4) is 0 Å². The number of benzene rings is 1. The molecule has 1 atom stereocenters. The maximum Gasteiger partial charge on any atom is 0.0791 e. The Morgan fingerprint density at radius 3 is 2.12 bits per heavy atom. The van der Waals surface area contributed by atoms with Gasteiger partial charge in [0.25, 0.3) is 0 Å². The molecule has 0 aliphatic carbocycles. The van der Waals surface area contributed by atoms with E-state index in [1.807, 2.05) is 0 Å². The molecule has 0 aromatic heterocycles. The van der Waals surface area contributed by atoms with Crippen LogP contribution in [0.5, 0.6) is 0 Å². The van der Waals surface area contributed by atoms with Crippen LogP contribution in [0.4, 0.5) is 0 Å². The fraction of sp³-hybridized carbons (Fsp3) is 0.538. The summed E-state index contributed by atoms with van der Waals surface area (Å²) in [5.74, 6) is 0.676. The van der Waals surface area contributed by atoms with Gasteiger partial charge in [-0.2, -0.15) is 0 Å². The molecule has 1 aromatic rings. The quantitative estimate of drug-likeness (QED) is 0.803. The van der Waals surface area contributed by atoms with Crippen LogP contribution in [0.15, 0.2) is 18.2 Å². The molecule has 0 spiro atoms. The van der Waals surface area contributed by atoms with E-state index in [2.05, 4.69) is 13.8 Å². The summed E-state index contributed by atoms with van der Waals surface area (Å²) in [6.45, 7) is 4.37. The van der Waals surface area contributed by atoms with Crippen LogP contribution in [-0.4, -0.2) is 5.11 Å². The van der Waals surface area contributed by atoms with Gasteiger partial charge >= 0.3 is 0 Å². The summed E-state index contributed by atoms with van der Waals surface area (Å²) < 4.78 is 0. The van der Waals surface area contributed by atoms with Crippen molar-refractivity contribution in [3.63, 3.8) is 0 Å². The minimum Gasteiger partial charge on any atom is -0.388 e.